The minimum absolute atomic E-state index is 0. The summed E-state index contributed by atoms with van der Waals surface area (Å²) in [6.45, 7) is 8.84. The second-order valence-corrected chi connectivity index (χ2v) is 14.4. The molecule has 1 aliphatic carbocycles. The molecule has 250 valence electrons. The van der Waals surface area contributed by atoms with Crippen molar-refractivity contribution < 1.29 is 11.0 Å². The summed E-state index contributed by atoms with van der Waals surface area (Å²) < 4.78 is 6.68. The number of carbonyl (C=O) groups excluding carboxylic acids is 1. The molecular weight excluding hydrogens is 617 g/mol. The first kappa shape index (κ1) is 31.5. The highest BCUT2D eigenvalue weighted by molar-refractivity contribution is 6.52. The Morgan fingerprint density at radius 1 is 0.760 bits per heavy atom. The van der Waals surface area contributed by atoms with Gasteiger partial charge in [0.05, 0.1) is 11.6 Å². The summed E-state index contributed by atoms with van der Waals surface area (Å²) in [6.07, 6.45) is 7.29. The minimum Gasteiger partial charge on any atom is -0.459 e. The molecule has 6 heteroatoms. The molecule has 3 aliphatic heterocycles. The number of aliphatic imine (C=N–C) groups is 2. The molecule has 50 heavy (non-hydrogen) atoms. The van der Waals surface area contributed by atoms with Crippen molar-refractivity contribution in [2.75, 3.05) is 23.9 Å². The van der Waals surface area contributed by atoms with Gasteiger partial charge in [-0.3, -0.25) is 14.8 Å². The van der Waals surface area contributed by atoms with Gasteiger partial charge in [0.25, 0.3) is 0 Å². The number of carbonyl (C=O) groups is 1. The molecule has 0 radical (unpaired) electrons. The zero-order valence-corrected chi connectivity index (χ0v) is 29.3. The monoisotopic (exact) mass is 659 g/mol. The van der Waals surface area contributed by atoms with E-state index in [9.17, 15) is 4.79 Å². The smallest absolute Gasteiger partial charge is 0.228 e. The number of nitrogens with zero attached hydrogens (tertiary/aromatic N) is 4. The maximum atomic E-state index is 12.4. The molecule has 5 aromatic rings. The van der Waals surface area contributed by atoms with E-state index in [-0.39, 0.29) is 18.0 Å². The molecular formula is C44H42N4O2. The molecule has 0 saturated heterocycles. The Morgan fingerprint density at radius 3 is 2.22 bits per heavy atom. The van der Waals surface area contributed by atoms with Gasteiger partial charge in [-0.1, -0.05) is 111 Å². The molecule has 4 aliphatic rings. The van der Waals surface area contributed by atoms with E-state index in [1.807, 2.05) is 67.0 Å². The normalized spacial score (nSPS) is 21.8. The van der Waals surface area contributed by atoms with E-state index in [1.54, 1.807) is 6.08 Å². The van der Waals surface area contributed by atoms with Crippen molar-refractivity contribution in [1.82, 2.24) is 0 Å². The number of anilines is 2. The SMILES string of the molecule is CN1/C(=C/N=C2C(=O)C=Cc3ccccc32)C(C)(C)c2ccccc21.CN1c2ccccc2C(C)(C)C12C=Nc1c(ccc3ccccc13)O2.[2HH]. The van der Waals surface area contributed by atoms with E-state index < -0.39 is 5.72 Å². The molecule has 0 N–H and O–H groups in total. The molecule has 0 bridgehead atoms. The van der Waals surface area contributed by atoms with Crippen LogP contribution >= 0.6 is 0 Å². The van der Waals surface area contributed by atoms with E-state index in [0.29, 0.717) is 5.71 Å². The number of para-hydroxylation sites is 2. The van der Waals surface area contributed by atoms with E-state index in [0.717, 1.165) is 33.6 Å². The predicted molar refractivity (Wildman–Crippen MR) is 208 cm³/mol. The summed E-state index contributed by atoms with van der Waals surface area (Å²) in [5.74, 6) is 0.792. The highest BCUT2D eigenvalue weighted by Crippen LogP contribution is 2.54. The van der Waals surface area contributed by atoms with E-state index in [4.69, 9.17) is 9.73 Å². The Bertz CT molecular complexity index is 2340. The lowest BCUT2D eigenvalue weighted by molar-refractivity contribution is -0.108. The fourth-order valence-corrected chi connectivity index (χ4v) is 8.05. The third kappa shape index (κ3) is 4.58. The predicted octanol–water partition coefficient (Wildman–Crippen LogP) is 9.64. The van der Waals surface area contributed by atoms with Gasteiger partial charge in [-0.2, -0.15) is 0 Å². The lowest BCUT2D eigenvalue weighted by Crippen LogP contribution is -2.61. The molecule has 1 atom stereocenters. The van der Waals surface area contributed by atoms with Crippen molar-refractivity contribution >= 4 is 51.6 Å². The zero-order chi connectivity index (χ0) is 34.8. The van der Waals surface area contributed by atoms with E-state index >= 15 is 0 Å². The third-order valence-corrected chi connectivity index (χ3v) is 11.0. The molecule has 1 unspecified atom stereocenters. The van der Waals surface area contributed by atoms with E-state index in [2.05, 4.69) is 117 Å². The zero-order valence-electron chi connectivity index (χ0n) is 29.3. The lowest BCUT2D eigenvalue weighted by atomic mass is 9.77. The number of fused-ring (bicyclic) bond motifs is 6. The fourth-order valence-electron chi connectivity index (χ4n) is 8.05. The number of hydrogen-bond donors (Lipinski definition) is 0. The van der Waals surface area contributed by atoms with Crippen molar-refractivity contribution in [2.24, 2.45) is 9.98 Å². The molecule has 9 rings (SSSR count). The lowest BCUT2D eigenvalue weighted by Gasteiger charge is -2.45. The van der Waals surface area contributed by atoms with Crippen LogP contribution in [-0.4, -0.2) is 37.5 Å². The van der Waals surface area contributed by atoms with Crippen LogP contribution in [0.25, 0.3) is 16.8 Å². The van der Waals surface area contributed by atoms with Crippen LogP contribution in [0, 0.1) is 0 Å². The van der Waals surface area contributed by atoms with Gasteiger partial charge in [0, 0.05) is 55.2 Å². The quantitative estimate of drug-likeness (QED) is 0.180. The molecule has 0 aromatic heterocycles. The van der Waals surface area contributed by atoms with Gasteiger partial charge in [0.15, 0.2) is 0 Å². The number of ketones is 1. The Labute approximate surface area is 295 Å². The Kier molecular flexibility index (Phi) is 7.19. The van der Waals surface area contributed by atoms with Gasteiger partial charge in [-0.05, 0) is 60.2 Å². The molecule has 3 heterocycles. The number of allylic oxidation sites excluding steroid dienone is 2. The van der Waals surface area contributed by atoms with Gasteiger partial charge in [-0.25, -0.2) is 0 Å². The standard InChI is InChI=1S/2C22H20N2O.H2/c1-21(2)17-10-6-7-11-18(17)24(3)22(21)14-23-20-16-9-5-4-8-15(16)12-13-19(20)25-22;1-22(2)17-10-6-7-11-18(17)24(3)20(22)14-23-21-16-9-5-4-8-15(16)12-13-19(21)25;/h2*4-14H,1-3H3;1H/b;20-14+,23-21?;/i;;1+1. The molecule has 5 aromatic carbocycles. The number of benzene rings is 5. The maximum Gasteiger partial charge on any atom is 0.228 e. The summed E-state index contributed by atoms with van der Waals surface area (Å²) in [4.78, 5) is 26.3. The number of hydrogen-bond acceptors (Lipinski definition) is 6. The summed E-state index contributed by atoms with van der Waals surface area (Å²) in [7, 11) is 4.14. The molecule has 1 spiro atoms. The average Bonchev–Trinajstić information content (AvgIpc) is 3.43. The van der Waals surface area contributed by atoms with Gasteiger partial charge in [0.2, 0.25) is 11.5 Å². The summed E-state index contributed by atoms with van der Waals surface area (Å²) >= 11 is 0. The van der Waals surface area contributed by atoms with Crippen LogP contribution in [-0.2, 0) is 15.6 Å². The largest absolute Gasteiger partial charge is 0.459 e. The topological polar surface area (TPSA) is 57.5 Å². The highest BCUT2D eigenvalue weighted by atomic mass is 16.5. The van der Waals surface area contributed by atoms with Gasteiger partial charge >= 0.3 is 0 Å². The molecule has 0 fully saturated rings. The Balaban J connectivity index is 0.000000156. The van der Waals surface area contributed by atoms with E-state index in [1.165, 1.54) is 27.9 Å². The fraction of sp³-hybridized carbons (Fsp3) is 0.205. The van der Waals surface area contributed by atoms with Crippen LogP contribution in [0.1, 0.15) is 51.4 Å². The number of rotatable bonds is 1. The summed E-state index contributed by atoms with van der Waals surface area (Å²) in [5.41, 5.74) is 8.39. The number of ether oxygens (including phenoxy) is 1. The van der Waals surface area contributed by atoms with Crippen LogP contribution < -0.4 is 14.5 Å². The van der Waals surface area contributed by atoms with Crippen LogP contribution in [0.5, 0.6) is 5.75 Å². The Hall–Kier alpha value is -5.75. The first-order valence-electron chi connectivity index (χ1n) is 17.1. The number of likely N-dealkylation sites (N-methyl/N-ethyl adjacent to an activating group) is 2. The molecule has 6 nitrogen and oxygen atoms in total. The summed E-state index contributed by atoms with van der Waals surface area (Å²) in [6, 6.07) is 37.2. The van der Waals surface area contributed by atoms with Crippen LogP contribution in [0.15, 0.2) is 137 Å². The van der Waals surface area contributed by atoms with Crippen molar-refractivity contribution in [1.29, 1.82) is 0 Å². The van der Waals surface area contributed by atoms with Crippen LogP contribution in [0.4, 0.5) is 17.1 Å². The third-order valence-electron chi connectivity index (χ3n) is 11.0. The first-order chi connectivity index (χ1) is 24.0. The second kappa shape index (κ2) is 11.4. The van der Waals surface area contributed by atoms with Gasteiger partial charge in [0.1, 0.15) is 17.1 Å². The average molecular weight is 660 g/mol. The van der Waals surface area contributed by atoms with Crippen LogP contribution in [0.2, 0.25) is 0 Å². The maximum absolute atomic E-state index is 12.4. The highest BCUT2D eigenvalue weighted by Gasteiger charge is 2.58. The second-order valence-electron chi connectivity index (χ2n) is 14.4. The Morgan fingerprint density at radius 2 is 1.44 bits per heavy atom. The van der Waals surface area contributed by atoms with Gasteiger partial charge < -0.3 is 14.5 Å². The van der Waals surface area contributed by atoms with Crippen molar-refractivity contribution in [2.45, 2.75) is 44.2 Å². The molecule has 0 saturated carbocycles. The van der Waals surface area contributed by atoms with Crippen molar-refractivity contribution in [3.63, 3.8) is 0 Å². The molecule has 0 amide bonds. The first-order valence-corrected chi connectivity index (χ1v) is 17.1. The van der Waals surface area contributed by atoms with Crippen molar-refractivity contribution in [3.05, 3.63) is 149 Å². The van der Waals surface area contributed by atoms with Crippen molar-refractivity contribution in [3.8, 4) is 5.75 Å². The minimum atomic E-state index is -0.619. The van der Waals surface area contributed by atoms with Gasteiger partial charge in [-0.15, -0.1) is 0 Å². The summed E-state index contributed by atoms with van der Waals surface area (Å²) in [5, 5.41) is 2.31. The van der Waals surface area contributed by atoms with Crippen LogP contribution in [0.3, 0.4) is 0 Å².